The second-order valence-corrected chi connectivity index (χ2v) is 5.17. The van der Waals surface area contributed by atoms with Gasteiger partial charge in [0.15, 0.2) is 5.65 Å². The highest BCUT2D eigenvalue weighted by Gasteiger charge is 2.29. The van der Waals surface area contributed by atoms with Crippen LogP contribution in [0.4, 0.5) is 0 Å². The highest BCUT2D eigenvalue weighted by atomic mass is 16.2. The average molecular weight is 275 g/mol. The molecule has 2 aromatic rings. The minimum atomic E-state index is -0.493. The molecule has 0 radical (unpaired) electrons. The van der Waals surface area contributed by atoms with Crippen molar-refractivity contribution in [1.29, 1.82) is 0 Å². The molecule has 0 aliphatic heterocycles. The maximum Gasteiger partial charge on any atom is 0.227 e. The first kappa shape index (κ1) is 14.5. The van der Waals surface area contributed by atoms with Crippen molar-refractivity contribution in [3.8, 4) is 0 Å². The normalized spacial score (nSPS) is 14.2. The number of nitrogens with zero attached hydrogens (tertiary/aromatic N) is 3. The largest absolute Gasteiger partial charge is 0.355 e. The molecule has 6 nitrogen and oxygen atoms in total. The number of hydrogen-bond donors (Lipinski definition) is 2. The Balaban J connectivity index is 1.95. The summed E-state index contributed by atoms with van der Waals surface area (Å²) in [6.45, 7) is 4.74. The smallest absolute Gasteiger partial charge is 0.227 e. The van der Waals surface area contributed by atoms with Crippen molar-refractivity contribution in [3.05, 3.63) is 30.2 Å². The van der Waals surface area contributed by atoms with Crippen LogP contribution in [-0.4, -0.2) is 33.6 Å². The van der Waals surface area contributed by atoms with Gasteiger partial charge in [-0.05, 0) is 25.5 Å². The summed E-state index contributed by atoms with van der Waals surface area (Å²) in [5, 5.41) is 11.1. The lowest BCUT2D eigenvalue weighted by atomic mass is 9.87. The molecular formula is C14H21N5O. The Bertz CT molecular complexity index is 588. The monoisotopic (exact) mass is 275 g/mol. The molecule has 0 fully saturated rings. The number of amides is 1. The summed E-state index contributed by atoms with van der Waals surface area (Å²) in [5.74, 6) is 0.836. The highest BCUT2D eigenvalue weighted by molar-refractivity contribution is 5.82. The van der Waals surface area contributed by atoms with Gasteiger partial charge in [0.2, 0.25) is 5.91 Å². The first-order valence-electron chi connectivity index (χ1n) is 6.87. The molecule has 0 saturated heterocycles. The fourth-order valence-electron chi connectivity index (χ4n) is 1.96. The maximum atomic E-state index is 12.1. The summed E-state index contributed by atoms with van der Waals surface area (Å²) in [5.41, 5.74) is 5.99. The van der Waals surface area contributed by atoms with Crippen LogP contribution in [0.5, 0.6) is 0 Å². The minimum Gasteiger partial charge on any atom is -0.355 e. The van der Waals surface area contributed by atoms with Crippen molar-refractivity contribution in [2.45, 2.75) is 26.7 Å². The lowest BCUT2D eigenvalue weighted by molar-refractivity contribution is -0.129. The standard InChI is InChI=1S/C14H21N5O/c1-3-14(2,10-15)13(20)16-8-7-12-18-17-11-6-4-5-9-19(11)12/h4-6,9H,3,7-8,10,15H2,1-2H3,(H,16,20). The third-order valence-electron chi connectivity index (χ3n) is 3.80. The van der Waals surface area contributed by atoms with Gasteiger partial charge in [0.1, 0.15) is 5.82 Å². The number of carbonyl (C=O) groups excluding carboxylic acids is 1. The number of carbonyl (C=O) groups is 1. The van der Waals surface area contributed by atoms with Crippen LogP contribution in [0, 0.1) is 5.41 Å². The number of fused-ring (bicyclic) bond motifs is 1. The SMILES string of the molecule is CCC(C)(CN)C(=O)NCCc1nnc2ccccn12. The van der Waals surface area contributed by atoms with Crippen LogP contribution in [0.15, 0.2) is 24.4 Å². The molecule has 0 aliphatic carbocycles. The van der Waals surface area contributed by atoms with E-state index >= 15 is 0 Å². The Kier molecular flexibility index (Phi) is 4.34. The molecule has 1 atom stereocenters. The molecule has 108 valence electrons. The molecule has 0 aromatic carbocycles. The van der Waals surface area contributed by atoms with Gasteiger partial charge in [-0.15, -0.1) is 10.2 Å². The fraction of sp³-hybridized carbons (Fsp3) is 0.500. The van der Waals surface area contributed by atoms with E-state index in [4.69, 9.17) is 5.73 Å². The predicted molar refractivity (Wildman–Crippen MR) is 77.2 cm³/mol. The Morgan fingerprint density at radius 2 is 2.25 bits per heavy atom. The molecule has 3 N–H and O–H groups in total. The second-order valence-electron chi connectivity index (χ2n) is 5.17. The summed E-state index contributed by atoms with van der Waals surface area (Å²) >= 11 is 0. The van der Waals surface area contributed by atoms with Gasteiger partial charge in [-0.2, -0.15) is 0 Å². The van der Waals surface area contributed by atoms with E-state index in [0.29, 0.717) is 19.5 Å². The Labute approximate surface area is 118 Å². The Morgan fingerprint density at radius 3 is 2.95 bits per heavy atom. The van der Waals surface area contributed by atoms with Crippen LogP contribution < -0.4 is 11.1 Å². The number of nitrogens with two attached hydrogens (primary N) is 1. The van der Waals surface area contributed by atoms with E-state index in [-0.39, 0.29) is 5.91 Å². The molecule has 0 bridgehead atoms. The van der Waals surface area contributed by atoms with Crippen LogP contribution in [0.1, 0.15) is 26.1 Å². The van der Waals surface area contributed by atoms with Gasteiger partial charge in [0.25, 0.3) is 0 Å². The van der Waals surface area contributed by atoms with Crippen molar-refractivity contribution in [3.63, 3.8) is 0 Å². The van der Waals surface area contributed by atoms with E-state index in [2.05, 4.69) is 15.5 Å². The molecule has 1 amide bonds. The second kappa shape index (κ2) is 6.00. The predicted octanol–water partition coefficient (Wildman–Crippen LogP) is 0.763. The molecule has 0 saturated carbocycles. The van der Waals surface area contributed by atoms with Gasteiger partial charge in [-0.1, -0.05) is 13.0 Å². The summed E-state index contributed by atoms with van der Waals surface area (Å²) < 4.78 is 1.92. The third kappa shape index (κ3) is 2.80. The highest BCUT2D eigenvalue weighted by Crippen LogP contribution is 2.18. The number of hydrogen-bond acceptors (Lipinski definition) is 4. The van der Waals surface area contributed by atoms with Gasteiger partial charge in [-0.25, -0.2) is 0 Å². The van der Waals surface area contributed by atoms with E-state index in [9.17, 15) is 4.79 Å². The Morgan fingerprint density at radius 1 is 1.45 bits per heavy atom. The molecule has 2 aromatic heterocycles. The van der Waals surface area contributed by atoms with Crippen LogP contribution >= 0.6 is 0 Å². The van der Waals surface area contributed by atoms with E-state index in [1.807, 2.05) is 42.6 Å². The Hall–Kier alpha value is -1.95. The summed E-state index contributed by atoms with van der Waals surface area (Å²) in [7, 11) is 0. The quantitative estimate of drug-likeness (QED) is 0.815. The van der Waals surface area contributed by atoms with Gasteiger partial charge in [0.05, 0.1) is 5.41 Å². The first-order valence-corrected chi connectivity index (χ1v) is 6.87. The first-order chi connectivity index (χ1) is 9.60. The molecule has 0 aliphatic rings. The maximum absolute atomic E-state index is 12.1. The van der Waals surface area contributed by atoms with E-state index < -0.39 is 5.41 Å². The number of rotatable bonds is 6. The molecule has 6 heteroatoms. The van der Waals surface area contributed by atoms with Crippen molar-refractivity contribution in [2.24, 2.45) is 11.1 Å². The van der Waals surface area contributed by atoms with Crippen LogP contribution in [0.3, 0.4) is 0 Å². The van der Waals surface area contributed by atoms with Crippen molar-refractivity contribution >= 4 is 11.6 Å². The minimum absolute atomic E-state index is 0.00341. The molecule has 20 heavy (non-hydrogen) atoms. The molecule has 0 spiro atoms. The van der Waals surface area contributed by atoms with Crippen molar-refractivity contribution in [2.75, 3.05) is 13.1 Å². The summed E-state index contributed by atoms with van der Waals surface area (Å²) in [6.07, 6.45) is 3.28. The van der Waals surface area contributed by atoms with Crippen LogP contribution in [0.25, 0.3) is 5.65 Å². The topological polar surface area (TPSA) is 85.3 Å². The zero-order valence-electron chi connectivity index (χ0n) is 12.0. The van der Waals surface area contributed by atoms with Gasteiger partial charge in [-0.3, -0.25) is 9.20 Å². The molecule has 2 rings (SSSR count). The third-order valence-corrected chi connectivity index (χ3v) is 3.80. The zero-order chi connectivity index (χ0) is 14.6. The summed E-state index contributed by atoms with van der Waals surface area (Å²) in [4.78, 5) is 12.1. The van der Waals surface area contributed by atoms with Gasteiger partial charge < -0.3 is 11.1 Å². The van der Waals surface area contributed by atoms with E-state index in [1.54, 1.807) is 0 Å². The lowest BCUT2D eigenvalue weighted by Gasteiger charge is -2.24. The fourth-order valence-corrected chi connectivity index (χ4v) is 1.96. The van der Waals surface area contributed by atoms with Crippen molar-refractivity contribution in [1.82, 2.24) is 19.9 Å². The van der Waals surface area contributed by atoms with Crippen LogP contribution in [0.2, 0.25) is 0 Å². The summed E-state index contributed by atoms with van der Waals surface area (Å²) in [6, 6.07) is 5.75. The number of aromatic nitrogens is 3. The molecule has 2 heterocycles. The molecule has 1 unspecified atom stereocenters. The number of nitrogens with one attached hydrogen (secondary N) is 1. The number of pyridine rings is 1. The van der Waals surface area contributed by atoms with Gasteiger partial charge in [0, 0.05) is 25.7 Å². The van der Waals surface area contributed by atoms with Crippen LogP contribution in [-0.2, 0) is 11.2 Å². The van der Waals surface area contributed by atoms with E-state index in [1.165, 1.54) is 0 Å². The van der Waals surface area contributed by atoms with Crippen molar-refractivity contribution < 1.29 is 4.79 Å². The lowest BCUT2D eigenvalue weighted by Crippen LogP contribution is -2.44. The van der Waals surface area contributed by atoms with Gasteiger partial charge >= 0.3 is 0 Å². The van der Waals surface area contributed by atoms with E-state index in [0.717, 1.165) is 17.9 Å². The average Bonchev–Trinajstić information content (AvgIpc) is 2.90. The molecular weight excluding hydrogens is 254 g/mol. The zero-order valence-corrected chi connectivity index (χ0v) is 12.0.